The molecule has 2 heteroatoms. The molecule has 0 aliphatic heterocycles. The van der Waals surface area contributed by atoms with Crippen molar-refractivity contribution in [2.24, 2.45) is 10.4 Å². The van der Waals surface area contributed by atoms with E-state index in [0.29, 0.717) is 0 Å². The summed E-state index contributed by atoms with van der Waals surface area (Å²) in [5, 5.41) is 8.94. The van der Waals surface area contributed by atoms with Crippen LogP contribution in [0.5, 0.6) is 0 Å². The lowest BCUT2D eigenvalue weighted by Crippen LogP contribution is -1.99. The van der Waals surface area contributed by atoms with E-state index in [1.54, 1.807) is 6.21 Å². The second-order valence-corrected chi connectivity index (χ2v) is 3.47. The summed E-state index contributed by atoms with van der Waals surface area (Å²) in [4.78, 5) is 4.26. The highest BCUT2D eigenvalue weighted by molar-refractivity contribution is 5.77. The molecule has 2 nitrogen and oxygen atoms in total. The van der Waals surface area contributed by atoms with E-state index in [1.165, 1.54) is 0 Å². The van der Waals surface area contributed by atoms with Crippen LogP contribution in [0.4, 0.5) is 0 Å². The van der Waals surface area contributed by atoms with Gasteiger partial charge in [0.1, 0.15) is 0 Å². The van der Waals surface area contributed by atoms with Crippen LogP contribution >= 0.6 is 0 Å². The molecule has 1 aliphatic rings. The van der Waals surface area contributed by atoms with Crippen LogP contribution in [0.25, 0.3) is 0 Å². The highest BCUT2D eigenvalue weighted by Crippen LogP contribution is 2.51. The van der Waals surface area contributed by atoms with Gasteiger partial charge in [-0.1, -0.05) is 12.7 Å². The first-order valence-corrected chi connectivity index (χ1v) is 4.42. The Hall–Kier alpha value is -1.36. The van der Waals surface area contributed by atoms with Crippen LogP contribution in [0.3, 0.4) is 0 Å². The van der Waals surface area contributed by atoms with Gasteiger partial charge in [0.15, 0.2) is 0 Å². The lowest BCUT2D eigenvalue weighted by atomic mass is 10.1. The number of rotatable bonds is 3. The van der Waals surface area contributed by atoms with Crippen molar-refractivity contribution in [3.05, 3.63) is 23.9 Å². The largest absolute Gasteiger partial charge is 0.260 e. The minimum Gasteiger partial charge on any atom is -0.260 e. The molecule has 0 N–H and O–H groups in total. The van der Waals surface area contributed by atoms with E-state index in [0.717, 1.165) is 24.1 Å². The molecule has 1 rings (SSSR count). The van der Waals surface area contributed by atoms with E-state index in [9.17, 15) is 0 Å². The smallest absolute Gasteiger partial charge is 0.0991 e. The molecule has 0 radical (unpaired) electrons. The van der Waals surface area contributed by atoms with E-state index in [1.807, 2.05) is 19.9 Å². The molecule has 0 aromatic rings. The molecular weight excluding hydrogens is 160 g/mol. The normalized spacial score (nSPS) is 19.9. The molecule has 1 fully saturated rings. The fraction of sp³-hybridized carbons (Fsp3) is 0.455. The first kappa shape index (κ1) is 9.73. The number of nitrogens with zero attached hydrogens (tertiary/aromatic N) is 2. The van der Waals surface area contributed by atoms with Crippen molar-refractivity contribution in [1.82, 2.24) is 0 Å². The van der Waals surface area contributed by atoms with Gasteiger partial charge < -0.3 is 0 Å². The number of nitriles is 1. The van der Waals surface area contributed by atoms with E-state index in [4.69, 9.17) is 5.26 Å². The third kappa shape index (κ3) is 2.06. The summed E-state index contributed by atoms with van der Waals surface area (Å²) in [7, 11) is 0. The molecule has 0 aromatic carbocycles. The van der Waals surface area contributed by atoms with E-state index in [2.05, 4.69) is 17.6 Å². The predicted molar refractivity (Wildman–Crippen MR) is 54.3 cm³/mol. The first-order chi connectivity index (χ1) is 6.14. The van der Waals surface area contributed by atoms with Gasteiger partial charge in [0.25, 0.3) is 0 Å². The van der Waals surface area contributed by atoms with Gasteiger partial charge in [-0.15, -0.1) is 0 Å². The van der Waals surface area contributed by atoms with E-state index >= 15 is 0 Å². The maximum Gasteiger partial charge on any atom is 0.0991 e. The molecule has 0 saturated heterocycles. The summed E-state index contributed by atoms with van der Waals surface area (Å²) in [5.74, 6) is 0. The molecule has 1 saturated carbocycles. The van der Waals surface area contributed by atoms with Gasteiger partial charge >= 0.3 is 0 Å². The Balaban J connectivity index is 2.78. The Bertz CT molecular complexity index is 311. The van der Waals surface area contributed by atoms with Crippen LogP contribution in [0.1, 0.15) is 26.7 Å². The zero-order chi connectivity index (χ0) is 9.90. The molecule has 0 atom stereocenters. The minimum atomic E-state index is -0.277. The standard InChI is InChI=1S/C11H14N2/c1-4-10(13-7-9(2)3)11(8-12)5-6-11/h4,7H,2,5-6H2,1,3H3/b10-4-,13-7-. The average Bonchev–Trinajstić information content (AvgIpc) is 2.86. The van der Waals surface area contributed by atoms with E-state index in [-0.39, 0.29) is 5.41 Å². The topological polar surface area (TPSA) is 36.1 Å². The van der Waals surface area contributed by atoms with Crippen molar-refractivity contribution in [3.63, 3.8) is 0 Å². The lowest BCUT2D eigenvalue weighted by Gasteiger charge is -2.04. The highest BCUT2D eigenvalue weighted by atomic mass is 14.8. The molecule has 0 aromatic heterocycles. The summed E-state index contributed by atoms with van der Waals surface area (Å²) < 4.78 is 0. The number of allylic oxidation sites excluding steroid dienone is 3. The summed E-state index contributed by atoms with van der Waals surface area (Å²) in [6.07, 6.45) is 5.51. The average molecular weight is 174 g/mol. The van der Waals surface area contributed by atoms with Crippen molar-refractivity contribution >= 4 is 6.21 Å². The quantitative estimate of drug-likeness (QED) is 0.606. The second kappa shape index (κ2) is 3.57. The Morgan fingerprint density at radius 1 is 1.62 bits per heavy atom. The lowest BCUT2D eigenvalue weighted by molar-refractivity contribution is 0.787. The van der Waals surface area contributed by atoms with Gasteiger partial charge in [0.05, 0.1) is 17.2 Å². The molecule has 0 bridgehead atoms. The van der Waals surface area contributed by atoms with Crippen LogP contribution < -0.4 is 0 Å². The zero-order valence-corrected chi connectivity index (χ0v) is 8.17. The van der Waals surface area contributed by atoms with Crippen LogP contribution in [0.15, 0.2) is 28.9 Å². The fourth-order valence-electron chi connectivity index (χ4n) is 1.20. The van der Waals surface area contributed by atoms with Gasteiger partial charge in [-0.2, -0.15) is 5.26 Å². The Labute approximate surface area is 79.3 Å². The summed E-state index contributed by atoms with van der Waals surface area (Å²) in [6, 6.07) is 2.32. The van der Waals surface area contributed by atoms with Crippen molar-refractivity contribution in [1.29, 1.82) is 5.26 Å². The van der Waals surface area contributed by atoms with Crippen LogP contribution in [-0.4, -0.2) is 6.21 Å². The van der Waals surface area contributed by atoms with Gasteiger partial charge in [0, 0.05) is 6.21 Å². The molecule has 0 spiro atoms. The fourth-order valence-corrected chi connectivity index (χ4v) is 1.20. The second-order valence-electron chi connectivity index (χ2n) is 3.47. The van der Waals surface area contributed by atoms with Crippen LogP contribution in [0, 0.1) is 16.7 Å². The SMILES string of the molecule is C=C(C)/C=N\C(=C/C)C1(C#N)CC1. The van der Waals surface area contributed by atoms with Gasteiger partial charge in [-0.25, -0.2) is 0 Å². The number of hydrogen-bond acceptors (Lipinski definition) is 2. The molecular formula is C11H14N2. The Kier molecular flexibility index (Phi) is 2.67. The van der Waals surface area contributed by atoms with Crippen molar-refractivity contribution in [2.45, 2.75) is 26.7 Å². The van der Waals surface area contributed by atoms with Crippen LogP contribution in [-0.2, 0) is 0 Å². The number of hydrogen-bond donors (Lipinski definition) is 0. The minimum absolute atomic E-state index is 0.277. The molecule has 0 heterocycles. The summed E-state index contributed by atoms with van der Waals surface area (Å²) >= 11 is 0. The molecule has 13 heavy (non-hydrogen) atoms. The third-order valence-corrected chi connectivity index (χ3v) is 2.15. The van der Waals surface area contributed by atoms with Crippen LogP contribution in [0.2, 0.25) is 0 Å². The third-order valence-electron chi connectivity index (χ3n) is 2.15. The maximum absolute atomic E-state index is 8.94. The van der Waals surface area contributed by atoms with Gasteiger partial charge in [-0.05, 0) is 32.3 Å². The Morgan fingerprint density at radius 2 is 2.23 bits per heavy atom. The molecule has 0 amide bonds. The molecule has 68 valence electrons. The maximum atomic E-state index is 8.94. The van der Waals surface area contributed by atoms with Crippen molar-refractivity contribution < 1.29 is 0 Å². The summed E-state index contributed by atoms with van der Waals surface area (Å²) in [5.41, 5.74) is 1.52. The molecule has 0 unspecified atom stereocenters. The van der Waals surface area contributed by atoms with Crippen molar-refractivity contribution in [2.75, 3.05) is 0 Å². The molecule has 1 aliphatic carbocycles. The Morgan fingerprint density at radius 3 is 2.54 bits per heavy atom. The monoisotopic (exact) mass is 174 g/mol. The van der Waals surface area contributed by atoms with Gasteiger partial charge in [-0.3, -0.25) is 4.99 Å². The zero-order valence-electron chi connectivity index (χ0n) is 8.17. The summed E-state index contributed by atoms with van der Waals surface area (Å²) in [6.45, 7) is 7.54. The highest BCUT2D eigenvalue weighted by Gasteiger charge is 2.46. The van der Waals surface area contributed by atoms with Crippen molar-refractivity contribution in [3.8, 4) is 6.07 Å². The van der Waals surface area contributed by atoms with E-state index < -0.39 is 0 Å². The van der Waals surface area contributed by atoms with Gasteiger partial charge in [0.2, 0.25) is 0 Å². The first-order valence-electron chi connectivity index (χ1n) is 4.42. The predicted octanol–water partition coefficient (Wildman–Crippen LogP) is 2.84. The number of aliphatic imine (C=N–C) groups is 1.